The number of phenols is 1. The molecule has 1 aliphatic carbocycles. The molecule has 0 spiro atoms. The van der Waals surface area contributed by atoms with E-state index in [1.807, 2.05) is 35.4 Å². The molecule has 1 aliphatic heterocycles. The number of nitrogens with zero attached hydrogens (tertiary/aromatic N) is 2. The van der Waals surface area contributed by atoms with Crippen LogP contribution in [0.5, 0.6) is 5.75 Å². The minimum atomic E-state index is 0.127. The van der Waals surface area contributed by atoms with Crippen molar-refractivity contribution in [3.05, 3.63) is 53.3 Å². The second-order valence-corrected chi connectivity index (χ2v) is 8.63. The van der Waals surface area contributed by atoms with Crippen LogP contribution in [-0.4, -0.2) is 58.0 Å². The number of hydrogen-bond acceptors (Lipinski definition) is 3. The maximum atomic E-state index is 12.5. The van der Waals surface area contributed by atoms with Crippen molar-refractivity contribution in [1.29, 1.82) is 0 Å². The van der Waals surface area contributed by atoms with Crippen LogP contribution in [0, 0.1) is 5.92 Å². The normalized spacial score (nSPS) is 20.1. The van der Waals surface area contributed by atoms with Gasteiger partial charge in [-0.25, -0.2) is 0 Å². The van der Waals surface area contributed by atoms with Crippen LogP contribution < -0.4 is 0 Å². The smallest absolute Gasteiger partial charge is 0.270 e. The van der Waals surface area contributed by atoms with E-state index in [1.54, 1.807) is 0 Å². The van der Waals surface area contributed by atoms with Crippen molar-refractivity contribution >= 4 is 5.91 Å². The van der Waals surface area contributed by atoms with Gasteiger partial charge in [0.2, 0.25) is 0 Å². The Bertz CT molecular complexity index is 810. The van der Waals surface area contributed by atoms with E-state index in [1.165, 1.54) is 5.56 Å². The van der Waals surface area contributed by atoms with Gasteiger partial charge in [0, 0.05) is 31.9 Å². The highest BCUT2D eigenvalue weighted by molar-refractivity contribution is 5.92. The molecule has 1 aromatic heterocycles. The van der Waals surface area contributed by atoms with E-state index >= 15 is 0 Å². The van der Waals surface area contributed by atoms with Gasteiger partial charge < -0.3 is 15.0 Å². The standard InChI is InChI=1S/C24H33N3O2/c1-2-13-27(20-8-9-21-19(16-20)5-3-7-23(21)28)17-18-10-14-26(15-11-18)24(29)22-6-4-12-25-22/h3-7,12,18,20,25,28H,2,8-11,13-17H2,1H3. The van der Waals surface area contributed by atoms with Crippen LogP contribution in [0.4, 0.5) is 0 Å². The van der Waals surface area contributed by atoms with Crippen molar-refractivity contribution in [2.75, 3.05) is 26.2 Å². The topological polar surface area (TPSA) is 59.6 Å². The van der Waals surface area contributed by atoms with Gasteiger partial charge >= 0.3 is 0 Å². The molecule has 5 heteroatoms. The van der Waals surface area contributed by atoms with E-state index in [4.69, 9.17) is 0 Å². The molecule has 4 rings (SSSR count). The molecule has 0 radical (unpaired) electrons. The molecule has 1 amide bonds. The van der Waals surface area contributed by atoms with Crippen LogP contribution in [0.15, 0.2) is 36.5 Å². The summed E-state index contributed by atoms with van der Waals surface area (Å²) in [6, 6.07) is 10.3. The first-order valence-electron chi connectivity index (χ1n) is 11.1. The van der Waals surface area contributed by atoms with Crippen molar-refractivity contribution in [3.63, 3.8) is 0 Å². The number of aromatic amines is 1. The number of phenolic OH excluding ortho intramolecular Hbond substituents is 1. The summed E-state index contributed by atoms with van der Waals surface area (Å²) in [7, 11) is 0. The van der Waals surface area contributed by atoms with E-state index in [0.717, 1.165) is 70.3 Å². The Hall–Kier alpha value is -2.27. The lowest BCUT2D eigenvalue weighted by Gasteiger charge is -2.39. The van der Waals surface area contributed by atoms with Crippen LogP contribution in [0.1, 0.15) is 54.2 Å². The van der Waals surface area contributed by atoms with Crippen LogP contribution in [0.3, 0.4) is 0 Å². The quantitative estimate of drug-likeness (QED) is 0.781. The molecule has 2 N–H and O–H groups in total. The molecule has 2 aliphatic rings. The van der Waals surface area contributed by atoms with Gasteiger partial charge in [0.1, 0.15) is 11.4 Å². The van der Waals surface area contributed by atoms with Crippen molar-refractivity contribution in [3.8, 4) is 5.75 Å². The maximum absolute atomic E-state index is 12.5. The zero-order chi connectivity index (χ0) is 20.2. The fraction of sp³-hybridized carbons (Fsp3) is 0.542. The van der Waals surface area contributed by atoms with Crippen LogP contribution >= 0.6 is 0 Å². The average molecular weight is 396 g/mol. The van der Waals surface area contributed by atoms with E-state index in [-0.39, 0.29) is 5.91 Å². The number of fused-ring (bicyclic) bond motifs is 1. The molecule has 2 aromatic rings. The highest BCUT2D eigenvalue weighted by Gasteiger charge is 2.29. The third-order valence-electron chi connectivity index (χ3n) is 6.68. The lowest BCUT2D eigenvalue weighted by atomic mass is 9.86. The first kappa shape index (κ1) is 20.0. The third-order valence-corrected chi connectivity index (χ3v) is 6.68. The number of aromatic nitrogens is 1. The summed E-state index contributed by atoms with van der Waals surface area (Å²) in [4.78, 5) is 20.3. The fourth-order valence-electron chi connectivity index (χ4n) is 5.07. The predicted molar refractivity (Wildman–Crippen MR) is 115 cm³/mol. The van der Waals surface area contributed by atoms with E-state index < -0.39 is 0 Å². The SMILES string of the molecule is CCCN(CC1CCN(C(=O)c2ccc[nH]2)CC1)C1CCc2c(O)cccc2C1. The predicted octanol–water partition coefficient (Wildman–Crippen LogP) is 3.84. The molecular formula is C24H33N3O2. The van der Waals surface area contributed by atoms with Crippen molar-refractivity contribution < 1.29 is 9.90 Å². The Morgan fingerprint density at radius 3 is 2.76 bits per heavy atom. The van der Waals surface area contributed by atoms with Gasteiger partial charge in [-0.05, 0) is 80.3 Å². The molecule has 1 fully saturated rings. The lowest BCUT2D eigenvalue weighted by molar-refractivity contribution is 0.0637. The van der Waals surface area contributed by atoms with Crippen LogP contribution in [0.25, 0.3) is 0 Å². The summed E-state index contributed by atoms with van der Waals surface area (Å²) in [5.41, 5.74) is 3.16. The molecule has 1 saturated heterocycles. The summed E-state index contributed by atoms with van der Waals surface area (Å²) in [6.07, 6.45) is 8.25. The first-order chi connectivity index (χ1) is 14.2. The summed E-state index contributed by atoms with van der Waals surface area (Å²) in [5.74, 6) is 1.24. The number of rotatable bonds is 6. The van der Waals surface area contributed by atoms with Crippen molar-refractivity contribution in [1.82, 2.24) is 14.8 Å². The second kappa shape index (κ2) is 9.04. The number of piperidine rings is 1. The highest BCUT2D eigenvalue weighted by Crippen LogP contribution is 2.31. The van der Waals surface area contributed by atoms with Crippen LogP contribution in [0.2, 0.25) is 0 Å². The number of carbonyl (C=O) groups is 1. The molecule has 1 unspecified atom stereocenters. The summed E-state index contributed by atoms with van der Waals surface area (Å²) in [5, 5.41) is 10.1. The maximum Gasteiger partial charge on any atom is 0.270 e. The molecule has 1 atom stereocenters. The molecule has 1 aromatic carbocycles. The number of aromatic hydroxyl groups is 1. The zero-order valence-electron chi connectivity index (χ0n) is 17.4. The lowest BCUT2D eigenvalue weighted by Crippen LogP contribution is -2.46. The molecule has 0 saturated carbocycles. The number of H-pyrrole nitrogens is 1. The largest absolute Gasteiger partial charge is 0.508 e. The Kier molecular flexibility index (Phi) is 6.24. The molecular weight excluding hydrogens is 362 g/mol. The average Bonchev–Trinajstić information content (AvgIpc) is 3.28. The minimum Gasteiger partial charge on any atom is -0.508 e. The number of likely N-dealkylation sites (tertiary alicyclic amines) is 1. The Balaban J connectivity index is 1.34. The fourth-order valence-corrected chi connectivity index (χ4v) is 5.07. The highest BCUT2D eigenvalue weighted by atomic mass is 16.3. The summed E-state index contributed by atoms with van der Waals surface area (Å²) < 4.78 is 0. The monoisotopic (exact) mass is 395 g/mol. The first-order valence-corrected chi connectivity index (χ1v) is 11.1. The molecule has 5 nitrogen and oxygen atoms in total. The number of carbonyl (C=O) groups excluding carboxylic acids is 1. The van der Waals surface area contributed by atoms with Crippen molar-refractivity contribution in [2.24, 2.45) is 5.92 Å². The van der Waals surface area contributed by atoms with Gasteiger partial charge in [-0.3, -0.25) is 9.69 Å². The van der Waals surface area contributed by atoms with Crippen LogP contribution in [-0.2, 0) is 12.8 Å². The minimum absolute atomic E-state index is 0.127. The number of hydrogen-bond donors (Lipinski definition) is 2. The third kappa shape index (κ3) is 4.50. The number of benzene rings is 1. The Morgan fingerprint density at radius 1 is 1.21 bits per heavy atom. The molecule has 0 bridgehead atoms. The second-order valence-electron chi connectivity index (χ2n) is 8.63. The summed E-state index contributed by atoms with van der Waals surface area (Å²) in [6.45, 7) is 6.21. The molecule has 156 valence electrons. The van der Waals surface area contributed by atoms with Gasteiger partial charge in [-0.2, -0.15) is 0 Å². The van der Waals surface area contributed by atoms with E-state index in [2.05, 4.69) is 22.9 Å². The molecule has 2 heterocycles. The van der Waals surface area contributed by atoms with Gasteiger partial charge in [-0.1, -0.05) is 19.1 Å². The Morgan fingerprint density at radius 2 is 2.03 bits per heavy atom. The number of amides is 1. The van der Waals surface area contributed by atoms with E-state index in [0.29, 0.717) is 23.4 Å². The van der Waals surface area contributed by atoms with Gasteiger partial charge in [0.15, 0.2) is 0 Å². The molecule has 29 heavy (non-hydrogen) atoms. The van der Waals surface area contributed by atoms with E-state index in [9.17, 15) is 9.90 Å². The van der Waals surface area contributed by atoms with Gasteiger partial charge in [-0.15, -0.1) is 0 Å². The zero-order valence-corrected chi connectivity index (χ0v) is 17.4. The Labute approximate surface area is 173 Å². The van der Waals surface area contributed by atoms with Gasteiger partial charge in [0.25, 0.3) is 5.91 Å². The van der Waals surface area contributed by atoms with Gasteiger partial charge in [0.05, 0.1) is 0 Å². The summed E-state index contributed by atoms with van der Waals surface area (Å²) >= 11 is 0. The van der Waals surface area contributed by atoms with Crippen molar-refractivity contribution in [2.45, 2.75) is 51.5 Å². The number of nitrogens with one attached hydrogen (secondary N) is 1.